The van der Waals surface area contributed by atoms with E-state index in [-0.39, 0.29) is 5.36 Å². The first kappa shape index (κ1) is 11.5. The highest BCUT2D eigenvalue weighted by molar-refractivity contribution is 6.35. The van der Waals surface area contributed by atoms with E-state index < -0.39 is 23.0 Å². The maximum absolute atomic E-state index is 11.1. The Morgan fingerprint density at radius 1 is 1.24 bits per heavy atom. The molecule has 2 rings (SSSR count). The van der Waals surface area contributed by atoms with Gasteiger partial charge in [0.2, 0.25) is 0 Å². The van der Waals surface area contributed by atoms with Gasteiger partial charge in [0.1, 0.15) is 0 Å². The molecular formula is C10H7ClN2O4. The average Bonchev–Trinajstić information content (AvgIpc) is 2.27. The standard InChI is InChI=1S/C10H7ClN2O4/c11-10(9(16)17)7(8(14)15)12-5-3-1-2-4-6(5)13-10/h1-4,7H,(H,14,15)(H,16,17). The van der Waals surface area contributed by atoms with Gasteiger partial charge in [0, 0.05) is 0 Å². The molecule has 88 valence electrons. The van der Waals surface area contributed by atoms with E-state index in [0.717, 1.165) is 0 Å². The zero-order chi connectivity index (χ0) is 12.6. The average molecular weight is 255 g/mol. The number of nitrogens with zero attached hydrogens (tertiary/aromatic N) is 2. The number of carbonyl (C=O) groups is 2. The number of carboxylic acid groups (broad SMARTS) is 2. The summed E-state index contributed by atoms with van der Waals surface area (Å²) in [6.45, 7) is 0. The summed E-state index contributed by atoms with van der Waals surface area (Å²) < 4.78 is 0. The number of halogens is 1. The van der Waals surface area contributed by atoms with Crippen molar-refractivity contribution < 1.29 is 19.8 Å². The first-order chi connectivity index (χ1) is 7.95. The van der Waals surface area contributed by atoms with Crippen LogP contribution in [0, 0.1) is 0 Å². The van der Waals surface area contributed by atoms with Gasteiger partial charge in [-0.2, -0.15) is 0 Å². The van der Waals surface area contributed by atoms with Gasteiger partial charge in [0.15, 0.2) is 6.04 Å². The molecule has 1 aromatic carbocycles. The summed E-state index contributed by atoms with van der Waals surface area (Å²) in [5.41, 5.74) is 0. The number of benzene rings is 1. The monoisotopic (exact) mass is 254 g/mol. The van der Waals surface area contributed by atoms with Crippen molar-refractivity contribution in [2.45, 2.75) is 11.0 Å². The molecule has 0 saturated heterocycles. The summed E-state index contributed by atoms with van der Waals surface area (Å²) in [6.07, 6.45) is 0. The summed E-state index contributed by atoms with van der Waals surface area (Å²) in [4.78, 5) is 27.3. The molecule has 2 atom stereocenters. The van der Waals surface area contributed by atoms with Crippen LogP contribution in [0.5, 0.6) is 0 Å². The first-order valence-electron chi connectivity index (χ1n) is 4.63. The molecule has 0 aromatic heterocycles. The van der Waals surface area contributed by atoms with Crippen molar-refractivity contribution in [2.75, 3.05) is 0 Å². The summed E-state index contributed by atoms with van der Waals surface area (Å²) >= 11 is 5.76. The fraction of sp³-hybridized carbons (Fsp3) is 0.200. The Morgan fingerprint density at radius 2 is 1.82 bits per heavy atom. The highest BCUT2D eigenvalue weighted by Gasteiger charge is 2.50. The SMILES string of the molecule is O=C(O)C1N=c2ccccc2=NC1(Cl)C(=O)O. The molecule has 2 unspecified atom stereocenters. The minimum atomic E-state index is -2.29. The van der Waals surface area contributed by atoms with Gasteiger partial charge in [-0.15, -0.1) is 0 Å². The lowest BCUT2D eigenvalue weighted by molar-refractivity contribution is -0.148. The van der Waals surface area contributed by atoms with Crippen molar-refractivity contribution >= 4 is 23.5 Å². The number of carboxylic acids is 2. The van der Waals surface area contributed by atoms with Gasteiger partial charge in [0.05, 0.1) is 10.7 Å². The highest BCUT2D eigenvalue weighted by atomic mass is 35.5. The van der Waals surface area contributed by atoms with Crippen LogP contribution in [0.3, 0.4) is 0 Å². The quantitative estimate of drug-likeness (QED) is 0.544. The van der Waals surface area contributed by atoms with Crippen LogP contribution in [0.2, 0.25) is 0 Å². The molecule has 1 aromatic rings. The fourth-order valence-corrected chi connectivity index (χ4v) is 1.75. The van der Waals surface area contributed by atoms with Gasteiger partial charge < -0.3 is 10.2 Å². The second-order valence-corrected chi connectivity index (χ2v) is 4.03. The Labute approximate surface area is 99.9 Å². The predicted molar refractivity (Wildman–Crippen MR) is 56.4 cm³/mol. The van der Waals surface area contributed by atoms with Crippen molar-refractivity contribution in [3.63, 3.8) is 0 Å². The van der Waals surface area contributed by atoms with Gasteiger partial charge >= 0.3 is 11.9 Å². The van der Waals surface area contributed by atoms with E-state index >= 15 is 0 Å². The molecule has 7 heteroatoms. The van der Waals surface area contributed by atoms with Crippen LogP contribution < -0.4 is 10.7 Å². The Kier molecular flexibility index (Phi) is 2.59. The number of fused-ring (bicyclic) bond motifs is 1. The lowest BCUT2D eigenvalue weighted by atomic mass is 10.1. The van der Waals surface area contributed by atoms with Crippen molar-refractivity contribution in [2.24, 2.45) is 9.98 Å². The van der Waals surface area contributed by atoms with Gasteiger partial charge in [-0.3, -0.25) is 4.99 Å². The van der Waals surface area contributed by atoms with Crippen LogP contribution in [0.15, 0.2) is 34.3 Å². The minimum Gasteiger partial charge on any atom is -0.480 e. The third-order valence-corrected chi connectivity index (χ3v) is 2.78. The third kappa shape index (κ3) is 1.76. The summed E-state index contributed by atoms with van der Waals surface area (Å²) in [5, 5.41) is 18.5. The maximum atomic E-state index is 11.1. The van der Waals surface area contributed by atoms with E-state index in [2.05, 4.69) is 9.98 Å². The number of hydrogen-bond donors (Lipinski definition) is 2. The molecule has 1 aliphatic heterocycles. The third-order valence-electron chi connectivity index (χ3n) is 2.33. The van der Waals surface area contributed by atoms with Crippen molar-refractivity contribution in [1.82, 2.24) is 0 Å². The van der Waals surface area contributed by atoms with Crippen LogP contribution in [0.1, 0.15) is 0 Å². The normalized spacial score (nSPS) is 26.3. The van der Waals surface area contributed by atoms with E-state index in [1.54, 1.807) is 18.2 Å². The lowest BCUT2D eigenvalue weighted by Crippen LogP contribution is -2.53. The van der Waals surface area contributed by atoms with Crippen LogP contribution in [-0.4, -0.2) is 33.2 Å². The second kappa shape index (κ2) is 3.81. The Hall–Kier alpha value is -1.95. The van der Waals surface area contributed by atoms with Crippen molar-refractivity contribution in [3.05, 3.63) is 35.0 Å². The number of para-hydroxylation sites is 2. The Morgan fingerprint density at radius 3 is 2.35 bits per heavy atom. The number of alkyl halides is 1. The molecule has 0 radical (unpaired) electrons. The summed E-state index contributed by atoms with van der Waals surface area (Å²) in [7, 11) is 0. The van der Waals surface area contributed by atoms with Gasteiger partial charge in [0.25, 0.3) is 5.00 Å². The van der Waals surface area contributed by atoms with Crippen LogP contribution in [0.4, 0.5) is 0 Å². The molecule has 0 amide bonds. The number of rotatable bonds is 2. The molecule has 6 nitrogen and oxygen atoms in total. The van der Waals surface area contributed by atoms with Gasteiger partial charge in [-0.25, -0.2) is 14.6 Å². The molecule has 0 spiro atoms. The van der Waals surface area contributed by atoms with Gasteiger partial charge in [-0.1, -0.05) is 23.7 Å². The van der Waals surface area contributed by atoms with E-state index in [4.69, 9.17) is 21.8 Å². The minimum absolute atomic E-state index is 0.266. The molecule has 0 bridgehead atoms. The Balaban J connectivity index is 2.75. The smallest absolute Gasteiger partial charge is 0.350 e. The molecule has 17 heavy (non-hydrogen) atoms. The fourth-order valence-electron chi connectivity index (χ4n) is 1.51. The second-order valence-electron chi connectivity index (χ2n) is 3.45. The lowest BCUT2D eigenvalue weighted by Gasteiger charge is -2.24. The van der Waals surface area contributed by atoms with E-state index in [0.29, 0.717) is 5.36 Å². The van der Waals surface area contributed by atoms with Crippen LogP contribution in [-0.2, 0) is 9.59 Å². The van der Waals surface area contributed by atoms with E-state index in [1.807, 2.05) is 0 Å². The topological polar surface area (TPSA) is 99.3 Å². The molecular weight excluding hydrogens is 248 g/mol. The zero-order valence-corrected chi connectivity index (χ0v) is 9.13. The van der Waals surface area contributed by atoms with Gasteiger partial charge in [-0.05, 0) is 12.1 Å². The largest absolute Gasteiger partial charge is 0.480 e. The zero-order valence-electron chi connectivity index (χ0n) is 8.37. The maximum Gasteiger partial charge on any atom is 0.350 e. The first-order valence-corrected chi connectivity index (χ1v) is 5.01. The molecule has 2 N–H and O–H groups in total. The number of hydrogen-bond acceptors (Lipinski definition) is 4. The predicted octanol–water partition coefficient (Wildman–Crippen LogP) is -0.588. The van der Waals surface area contributed by atoms with E-state index in [1.165, 1.54) is 6.07 Å². The van der Waals surface area contributed by atoms with Crippen molar-refractivity contribution in [1.29, 1.82) is 0 Å². The van der Waals surface area contributed by atoms with E-state index in [9.17, 15) is 9.59 Å². The summed E-state index contributed by atoms with van der Waals surface area (Å²) in [6, 6.07) is 4.72. The van der Waals surface area contributed by atoms with Crippen LogP contribution >= 0.6 is 11.6 Å². The molecule has 0 saturated carbocycles. The number of aliphatic carboxylic acids is 2. The summed E-state index contributed by atoms with van der Waals surface area (Å²) in [5.74, 6) is -2.97. The molecule has 0 aliphatic carbocycles. The van der Waals surface area contributed by atoms with Crippen LogP contribution in [0.25, 0.3) is 0 Å². The molecule has 1 heterocycles. The Bertz CT molecular complexity index is 615. The highest BCUT2D eigenvalue weighted by Crippen LogP contribution is 2.25. The van der Waals surface area contributed by atoms with Crippen molar-refractivity contribution in [3.8, 4) is 0 Å². The molecule has 0 fully saturated rings. The molecule has 1 aliphatic rings.